The van der Waals surface area contributed by atoms with Gasteiger partial charge < -0.3 is 15.0 Å². The number of thioether (sulfide) groups is 1. The Hall–Kier alpha value is -2.91. The quantitative estimate of drug-likeness (QED) is 0.637. The minimum absolute atomic E-state index is 0.118. The maximum Gasteiger partial charge on any atom is 0.338 e. The van der Waals surface area contributed by atoms with Crippen molar-refractivity contribution >= 4 is 40.1 Å². The largest absolute Gasteiger partial charge is 0.463 e. The average molecular weight is 455 g/mol. The average Bonchev–Trinajstić information content (AvgIpc) is 3.43. The van der Waals surface area contributed by atoms with Crippen LogP contribution in [0.25, 0.3) is 0 Å². The zero-order valence-corrected chi connectivity index (χ0v) is 18.8. The third-order valence-corrected chi connectivity index (χ3v) is 6.66. The van der Waals surface area contributed by atoms with Crippen molar-refractivity contribution in [3.63, 3.8) is 0 Å². The lowest BCUT2D eigenvalue weighted by Crippen LogP contribution is -2.37. The predicted octanol–water partition coefficient (Wildman–Crippen LogP) is 3.99. The van der Waals surface area contributed by atoms with E-state index in [1.165, 1.54) is 11.8 Å². The summed E-state index contributed by atoms with van der Waals surface area (Å²) in [5.74, 6) is -0.496. The molecular weight excluding hydrogens is 432 g/mol. The first-order chi connectivity index (χ1) is 15.1. The monoisotopic (exact) mass is 454 g/mol. The van der Waals surface area contributed by atoms with Gasteiger partial charge in [0.15, 0.2) is 5.17 Å². The number of ether oxygens (including phenoxy) is 1. The van der Waals surface area contributed by atoms with Crippen LogP contribution in [-0.2, 0) is 20.9 Å². The Morgan fingerprint density at radius 1 is 1.26 bits per heavy atom. The molecule has 1 amide bonds. The second-order valence-corrected chi connectivity index (χ2v) is 8.72. The Labute approximate surface area is 188 Å². The number of pyridine rings is 1. The van der Waals surface area contributed by atoms with Crippen molar-refractivity contribution in [1.82, 2.24) is 15.2 Å². The molecule has 0 aromatic carbocycles. The zero-order chi connectivity index (χ0) is 21.8. The normalized spacial score (nSPS) is 17.7. The van der Waals surface area contributed by atoms with Gasteiger partial charge in [0.1, 0.15) is 6.04 Å². The van der Waals surface area contributed by atoms with Crippen molar-refractivity contribution in [2.45, 2.75) is 32.9 Å². The number of amides is 1. The number of esters is 1. The summed E-state index contributed by atoms with van der Waals surface area (Å²) in [7, 11) is 0. The molecule has 1 atom stereocenters. The molecule has 2 aliphatic rings. The molecule has 160 valence electrons. The lowest BCUT2D eigenvalue weighted by molar-refractivity contribution is -0.139. The van der Waals surface area contributed by atoms with Gasteiger partial charge in [-0.05, 0) is 42.8 Å². The molecule has 1 N–H and O–H groups in total. The zero-order valence-electron chi connectivity index (χ0n) is 17.2. The van der Waals surface area contributed by atoms with E-state index in [0.29, 0.717) is 17.8 Å². The summed E-state index contributed by atoms with van der Waals surface area (Å²) in [6.45, 7) is 4.27. The molecule has 0 bridgehead atoms. The van der Waals surface area contributed by atoms with Crippen molar-refractivity contribution in [3.05, 3.63) is 74.9 Å². The first-order valence-electron chi connectivity index (χ1n) is 9.90. The van der Waals surface area contributed by atoms with E-state index in [4.69, 9.17) is 4.74 Å². The van der Waals surface area contributed by atoms with Crippen LogP contribution in [0, 0.1) is 0 Å². The Bertz CT molecular complexity index is 1060. The molecule has 0 fully saturated rings. The first kappa shape index (κ1) is 21.3. The van der Waals surface area contributed by atoms with E-state index in [1.807, 2.05) is 52.9 Å². The molecule has 2 aromatic rings. The van der Waals surface area contributed by atoms with Crippen LogP contribution in [0.5, 0.6) is 0 Å². The molecule has 0 saturated heterocycles. The second-order valence-electron chi connectivity index (χ2n) is 6.90. The molecular formula is C22H22N4O3S2. The summed E-state index contributed by atoms with van der Waals surface area (Å²) in [6.07, 6.45) is 1.88. The van der Waals surface area contributed by atoms with Gasteiger partial charge in [0.2, 0.25) is 5.91 Å². The number of rotatable bonds is 7. The first-order valence-corrected chi connectivity index (χ1v) is 11.7. The topological polar surface area (TPSA) is 83.9 Å². The van der Waals surface area contributed by atoms with E-state index in [2.05, 4.69) is 15.3 Å². The van der Waals surface area contributed by atoms with Crippen molar-refractivity contribution in [2.24, 2.45) is 4.99 Å². The van der Waals surface area contributed by atoms with Crippen LogP contribution < -0.4 is 5.32 Å². The second kappa shape index (κ2) is 9.49. The predicted molar refractivity (Wildman–Crippen MR) is 122 cm³/mol. The van der Waals surface area contributed by atoms with Crippen molar-refractivity contribution in [3.8, 4) is 0 Å². The van der Waals surface area contributed by atoms with Crippen molar-refractivity contribution in [1.29, 1.82) is 0 Å². The molecule has 2 aromatic heterocycles. The molecule has 9 heteroatoms. The third-order valence-electron chi connectivity index (χ3n) is 4.84. The van der Waals surface area contributed by atoms with Gasteiger partial charge in [-0.3, -0.25) is 9.78 Å². The fraction of sp³-hybridized carbons (Fsp3) is 0.273. The van der Waals surface area contributed by atoms with Crippen LogP contribution >= 0.6 is 23.1 Å². The van der Waals surface area contributed by atoms with E-state index in [1.54, 1.807) is 24.5 Å². The highest BCUT2D eigenvalue weighted by atomic mass is 32.2. The number of carbonyl (C=O) groups excluding carboxylic acids is 2. The molecule has 0 saturated carbocycles. The van der Waals surface area contributed by atoms with Gasteiger partial charge in [-0.25, -0.2) is 9.79 Å². The minimum Gasteiger partial charge on any atom is -0.463 e. The van der Waals surface area contributed by atoms with E-state index in [-0.39, 0.29) is 30.9 Å². The fourth-order valence-electron chi connectivity index (χ4n) is 3.47. The van der Waals surface area contributed by atoms with Gasteiger partial charge in [0, 0.05) is 16.8 Å². The highest BCUT2D eigenvalue weighted by Crippen LogP contribution is 2.45. The van der Waals surface area contributed by atoms with E-state index in [0.717, 1.165) is 21.4 Å². The highest BCUT2D eigenvalue weighted by Gasteiger charge is 2.41. The number of aromatic nitrogens is 1. The molecule has 4 rings (SSSR count). The van der Waals surface area contributed by atoms with Gasteiger partial charge in [-0.1, -0.05) is 23.9 Å². The van der Waals surface area contributed by atoms with Crippen molar-refractivity contribution in [2.75, 3.05) is 6.61 Å². The van der Waals surface area contributed by atoms with Crippen LogP contribution in [0.15, 0.2) is 69.3 Å². The number of nitrogens with one attached hydrogen (secondary N) is 1. The summed E-state index contributed by atoms with van der Waals surface area (Å²) >= 11 is 3.03. The third kappa shape index (κ3) is 4.57. The smallest absolute Gasteiger partial charge is 0.338 e. The number of fused-ring (bicyclic) bond motifs is 1. The molecule has 0 unspecified atom stereocenters. The maximum absolute atomic E-state index is 12.8. The summed E-state index contributed by atoms with van der Waals surface area (Å²) < 4.78 is 5.33. The van der Waals surface area contributed by atoms with Gasteiger partial charge in [0.05, 0.1) is 36.5 Å². The number of hydrogen-bond acceptors (Lipinski definition) is 8. The molecule has 4 heterocycles. The van der Waals surface area contributed by atoms with E-state index < -0.39 is 0 Å². The summed E-state index contributed by atoms with van der Waals surface area (Å²) in [4.78, 5) is 37.3. The Balaban J connectivity index is 1.56. The van der Waals surface area contributed by atoms with Crippen LogP contribution in [-0.4, -0.2) is 33.5 Å². The fourth-order valence-corrected chi connectivity index (χ4v) is 5.26. The van der Waals surface area contributed by atoms with Crippen LogP contribution in [0.2, 0.25) is 0 Å². The van der Waals surface area contributed by atoms with Gasteiger partial charge in [-0.15, -0.1) is 11.3 Å². The molecule has 2 aliphatic heterocycles. The van der Waals surface area contributed by atoms with E-state index in [9.17, 15) is 9.59 Å². The molecule has 31 heavy (non-hydrogen) atoms. The summed E-state index contributed by atoms with van der Waals surface area (Å²) in [6, 6.07) is 9.17. The standard InChI is InChI=1S/C22H22N4O3S2/c1-3-29-21(28)19-14(2)25-22-26(20(19)17-8-6-10-30-17)16(13-31-22)11-18(27)24-12-15-7-4-5-9-23-15/h4-10,13,20H,3,11-12H2,1-2H3,(H,24,27)/t20-/m0/s1. The highest BCUT2D eigenvalue weighted by molar-refractivity contribution is 8.16. The lowest BCUT2D eigenvalue weighted by atomic mass is 9.99. The Morgan fingerprint density at radius 3 is 2.84 bits per heavy atom. The van der Waals surface area contributed by atoms with Crippen molar-refractivity contribution < 1.29 is 14.3 Å². The molecule has 0 spiro atoms. The number of carbonyl (C=O) groups is 2. The molecule has 0 radical (unpaired) electrons. The number of allylic oxidation sites excluding steroid dienone is 1. The molecule has 7 nitrogen and oxygen atoms in total. The van der Waals surface area contributed by atoms with Gasteiger partial charge in [0.25, 0.3) is 0 Å². The Morgan fingerprint density at radius 2 is 2.13 bits per heavy atom. The number of hydrogen-bond donors (Lipinski definition) is 1. The van der Waals surface area contributed by atoms with Crippen LogP contribution in [0.4, 0.5) is 0 Å². The lowest BCUT2D eigenvalue weighted by Gasteiger charge is -2.35. The number of thiophene rings is 1. The van der Waals surface area contributed by atoms with Crippen LogP contribution in [0.1, 0.15) is 36.9 Å². The SMILES string of the molecule is CCOC(=O)C1=C(C)N=C2SC=C(CC(=O)NCc3ccccn3)N2[C@H]1c1cccs1. The van der Waals surface area contributed by atoms with Gasteiger partial charge >= 0.3 is 5.97 Å². The Kier molecular flexibility index (Phi) is 6.53. The summed E-state index contributed by atoms with van der Waals surface area (Å²) in [5.41, 5.74) is 2.75. The number of aliphatic imine (C=N–C) groups is 1. The maximum atomic E-state index is 12.8. The van der Waals surface area contributed by atoms with Gasteiger partial charge in [-0.2, -0.15) is 0 Å². The molecule has 0 aliphatic carbocycles. The summed E-state index contributed by atoms with van der Waals surface area (Å²) in [5, 5.41) is 7.58. The number of amidine groups is 1. The number of nitrogens with zero attached hydrogens (tertiary/aromatic N) is 3. The van der Waals surface area contributed by atoms with Crippen LogP contribution in [0.3, 0.4) is 0 Å². The van der Waals surface area contributed by atoms with E-state index >= 15 is 0 Å². The minimum atomic E-state index is -0.378.